The molecule has 7 atom stereocenters. The predicted octanol–water partition coefficient (Wildman–Crippen LogP) is 6.42. The van der Waals surface area contributed by atoms with E-state index in [-0.39, 0.29) is 36.8 Å². The highest BCUT2D eigenvalue weighted by molar-refractivity contribution is 6.25. The van der Waals surface area contributed by atoms with Crippen molar-refractivity contribution in [3.63, 3.8) is 0 Å². The van der Waals surface area contributed by atoms with Gasteiger partial charge in [-0.1, -0.05) is 141 Å². The Kier molecular flexibility index (Phi) is 14.9. The monoisotopic (exact) mass is 943 g/mol. The fourth-order valence-corrected chi connectivity index (χ4v) is 10.3. The van der Waals surface area contributed by atoms with Crippen molar-refractivity contribution < 1.29 is 43.3 Å². The summed E-state index contributed by atoms with van der Waals surface area (Å²) in [5, 5.41) is 15.8. The minimum atomic E-state index is -2.13. The fraction of sp³-hybridized carbons (Fsp3) is 0.304. The highest BCUT2D eigenvalue weighted by Crippen LogP contribution is 2.66. The van der Waals surface area contributed by atoms with Gasteiger partial charge >= 0.3 is 18.0 Å². The second kappa shape index (κ2) is 21.4. The van der Waals surface area contributed by atoms with Crippen molar-refractivity contribution in [1.29, 1.82) is 0 Å². The third-order valence-corrected chi connectivity index (χ3v) is 13.2. The van der Waals surface area contributed by atoms with Crippen molar-refractivity contribution in [2.24, 2.45) is 11.8 Å². The van der Waals surface area contributed by atoms with Crippen LogP contribution in [0.25, 0.3) is 0 Å². The van der Waals surface area contributed by atoms with E-state index in [1.807, 2.05) is 103 Å². The topological polar surface area (TPSA) is 167 Å². The molecule has 3 aliphatic heterocycles. The number of ether oxygens (including phenoxy) is 3. The number of urea groups is 1. The number of carbonyl (C=O) groups is 5. The lowest BCUT2D eigenvalue weighted by Gasteiger charge is -2.46. The number of fused-ring (bicyclic) bond motifs is 3. The number of nitrogens with one attached hydrogen (secondary N) is 2. The highest BCUT2D eigenvalue weighted by Gasteiger charge is 2.76. The molecule has 0 radical (unpaired) electrons. The number of hydrogen-bond donors (Lipinski definition) is 3. The SMILES string of the molecule is C=CCNC(=O)C1C2C(=O)OC(c3ccccc3)C(c3ccccc3)N2C(c2ccccc2OCCO)C12C(=O)N(C(=O)NC(C(=O)OC)C(C)C)c1ccc(C#CCN(C)Cc3ccccc3)cc12. The molecule has 0 aliphatic carbocycles. The van der Waals surface area contributed by atoms with E-state index >= 15 is 19.2 Å². The van der Waals surface area contributed by atoms with Crippen LogP contribution in [0.2, 0.25) is 0 Å². The minimum Gasteiger partial charge on any atom is -0.491 e. The molecule has 360 valence electrons. The van der Waals surface area contributed by atoms with Crippen molar-refractivity contribution in [1.82, 2.24) is 20.4 Å². The number of morpholine rings is 1. The summed E-state index contributed by atoms with van der Waals surface area (Å²) < 4.78 is 17.9. The number of aliphatic hydroxyl groups is 1. The van der Waals surface area contributed by atoms with Gasteiger partial charge in [-0.05, 0) is 59.5 Å². The van der Waals surface area contributed by atoms with Gasteiger partial charge in [-0.15, -0.1) is 6.58 Å². The number of para-hydroxylation sites is 1. The summed E-state index contributed by atoms with van der Waals surface area (Å²) in [7, 11) is 3.17. The number of amides is 4. The van der Waals surface area contributed by atoms with Crippen LogP contribution in [-0.4, -0.2) is 97.2 Å². The Morgan fingerprint density at radius 1 is 0.900 bits per heavy atom. The van der Waals surface area contributed by atoms with Gasteiger partial charge in [0, 0.05) is 24.2 Å². The van der Waals surface area contributed by atoms with Crippen molar-refractivity contribution >= 4 is 35.5 Å². The maximum atomic E-state index is 16.6. The van der Waals surface area contributed by atoms with Crippen LogP contribution in [0, 0.1) is 23.7 Å². The van der Waals surface area contributed by atoms with Gasteiger partial charge < -0.3 is 30.0 Å². The Balaban J connectivity index is 1.42. The lowest BCUT2D eigenvalue weighted by Crippen LogP contribution is -2.57. The van der Waals surface area contributed by atoms with Crippen LogP contribution in [0.5, 0.6) is 5.75 Å². The third kappa shape index (κ3) is 9.19. The third-order valence-electron chi connectivity index (χ3n) is 13.2. The number of methoxy groups -OCH3 is 1. The number of benzene rings is 5. The second-order valence-corrected chi connectivity index (χ2v) is 17.9. The Morgan fingerprint density at radius 3 is 2.21 bits per heavy atom. The van der Waals surface area contributed by atoms with Crippen LogP contribution in [0.15, 0.2) is 146 Å². The largest absolute Gasteiger partial charge is 0.491 e. The summed E-state index contributed by atoms with van der Waals surface area (Å²) >= 11 is 0. The van der Waals surface area contributed by atoms with Crippen molar-refractivity contribution in [2.45, 2.75) is 56.1 Å². The average molecular weight is 944 g/mol. The first-order chi connectivity index (χ1) is 34.0. The van der Waals surface area contributed by atoms with Gasteiger partial charge in [0.25, 0.3) is 0 Å². The molecular formula is C56H57N5O9. The van der Waals surface area contributed by atoms with Gasteiger partial charge in [-0.2, -0.15) is 0 Å². The van der Waals surface area contributed by atoms with Crippen LogP contribution in [0.1, 0.15) is 65.4 Å². The van der Waals surface area contributed by atoms with E-state index in [0.29, 0.717) is 35.3 Å². The number of carbonyl (C=O) groups excluding carboxylic acids is 5. The van der Waals surface area contributed by atoms with Crippen molar-refractivity contribution in [2.75, 3.05) is 45.4 Å². The van der Waals surface area contributed by atoms with E-state index in [2.05, 4.69) is 34.0 Å². The van der Waals surface area contributed by atoms with Crippen molar-refractivity contribution in [3.05, 3.63) is 179 Å². The molecule has 3 N–H and O–H groups in total. The highest BCUT2D eigenvalue weighted by atomic mass is 16.6. The second-order valence-electron chi connectivity index (χ2n) is 17.9. The predicted molar refractivity (Wildman–Crippen MR) is 263 cm³/mol. The van der Waals surface area contributed by atoms with E-state index in [4.69, 9.17) is 14.2 Å². The number of rotatable bonds is 15. The summed E-state index contributed by atoms with van der Waals surface area (Å²) in [6, 6.07) is 35.0. The first kappa shape index (κ1) is 48.9. The quantitative estimate of drug-likeness (QED) is 0.0603. The standard InChI is InChI=1S/C56H57N5O9/c1-6-30-57-51(63)45-48-53(65)70-49(40-24-14-9-15-25-40)47(39-22-12-8-13-23-39)61(48)50(41-26-16-17-27-44(41)69-33-32-62)56(45)42-34-37(21-18-31-59(4)35-38-19-10-7-11-20-38)28-29-43(42)60(54(56)66)55(67)58-46(36(2)3)52(64)68-5/h6-17,19-20,22-29,34,36,45-50,62H,1,30-33,35H2,2-5H3,(H,57,63)(H,58,67). The first-order valence-electron chi connectivity index (χ1n) is 23.3. The molecule has 0 bridgehead atoms. The zero-order valence-corrected chi connectivity index (χ0v) is 39.6. The number of cyclic esters (lactones) is 1. The fourth-order valence-electron chi connectivity index (χ4n) is 10.3. The molecule has 8 rings (SSSR count). The first-order valence-corrected chi connectivity index (χ1v) is 23.3. The molecule has 2 fully saturated rings. The smallest absolute Gasteiger partial charge is 0.329 e. The molecule has 14 heteroatoms. The van der Waals surface area contributed by atoms with Crippen LogP contribution >= 0.6 is 0 Å². The number of nitrogens with zero attached hydrogens (tertiary/aromatic N) is 3. The number of imide groups is 1. The summed E-state index contributed by atoms with van der Waals surface area (Å²) in [5.41, 5.74) is 1.60. The normalized spacial score (nSPS) is 21.8. The molecule has 4 amide bonds. The Labute approximate surface area is 408 Å². The van der Waals surface area contributed by atoms with Crippen LogP contribution in [-0.2, 0) is 40.6 Å². The Morgan fingerprint density at radius 2 is 1.56 bits per heavy atom. The van der Waals surface area contributed by atoms with Gasteiger partial charge in [0.05, 0.1) is 44.0 Å². The molecule has 2 saturated heterocycles. The van der Waals surface area contributed by atoms with Crippen LogP contribution in [0.4, 0.5) is 10.5 Å². The van der Waals surface area contributed by atoms with Gasteiger partial charge in [0.15, 0.2) is 0 Å². The summed E-state index contributed by atoms with van der Waals surface area (Å²) in [4.78, 5) is 80.6. The summed E-state index contributed by atoms with van der Waals surface area (Å²) in [6.07, 6.45) is 0.537. The summed E-state index contributed by atoms with van der Waals surface area (Å²) in [6.45, 7) is 7.83. The number of anilines is 1. The van der Waals surface area contributed by atoms with Gasteiger partial charge in [0.1, 0.15) is 36.0 Å². The zero-order valence-electron chi connectivity index (χ0n) is 39.6. The van der Waals surface area contributed by atoms with Crippen molar-refractivity contribution in [3.8, 4) is 17.6 Å². The number of esters is 2. The molecule has 0 saturated carbocycles. The lowest BCUT2D eigenvalue weighted by molar-refractivity contribution is -0.178. The maximum absolute atomic E-state index is 16.6. The van der Waals surface area contributed by atoms with E-state index in [9.17, 15) is 9.90 Å². The average Bonchev–Trinajstić information content (AvgIpc) is 3.83. The van der Waals surface area contributed by atoms with E-state index in [0.717, 1.165) is 10.5 Å². The number of aliphatic hydroxyl groups excluding tert-OH is 1. The van der Waals surface area contributed by atoms with Gasteiger partial charge in [-0.25, -0.2) is 14.5 Å². The van der Waals surface area contributed by atoms with E-state index in [1.165, 1.54) is 13.2 Å². The molecule has 1 spiro atoms. The molecule has 14 nitrogen and oxygen atoms in total. The van der Waals surface area contributed by atoms with Gasteiger partial charge in [-0.3, -0.25) is 24.2 Å². The molecule has 7 unspecified atom stereocenters. The maximum Gasteiger partial charge on any atom is 0.329 e. The Hall–Kier alpha value is -7.57. The van der Waals surface area contributed by atoms with Crippen LogP contribution < -0.4 is 20.3 Å². The summed E-state index contributed by atoms with van der Waals surface area (Å²) in [5.74, 6) is 1.77. The molecular weight excluding hydrogens is 887 g/mol. The molecule has 5 aromatic rings. The molecule has 0 aromatic heterocycles. The number of hydrogen-bond acceptors (Lipinski definition) is 11. The molecule has 5 aromatic carbocycles. The van der Waals surface area contributed by atoms with E-state index in [1.54, 1.807) is 56.3 Å². The minimum absolute atomic E-state index is 0.0226. The van der Waals surface area contributed by atoms with Crippen LogP contribution in [0.3, 0.4) is 0 Å². The Bertz CT molecular complexity index is 2800. The molecule has 3 aliphatic rings. The molecule has 3 heterocycles. The lowest BCUT2D eigenvalue weighted by atomic mass is 9.65. The van der Waals surface area contributed by atoms with E-state index < -0.39 is 77.3 Å². The molecule has 70 heavy (non-hydrogen) atoms. The van der Waals surface area contributed by atoms with Gasteiger partial charge in [0.2, 0.25) is 11.8 Å². The zero-order chi connectivity index (χ0) is 49.5.